The summed E-state index contributed by atoms with van der Waals surface area (Å²) in [6, 6.07) is 0. The van der Waals surface area contributed by atoms with Crippen LogP contribution in [0.5, 0.6) is 0 Å². The molecule has 0 amide bonds. The fourth-order valence-electron chi connectivity index (χ4n) is 2.75. The first-order valence-corrected chi connectivity index (χ1v) is 9.49. The zero-order chi connectivity index (χ0) is 17.8. The number of hydrogen-bond acceptors (Lipinski definition) is 6. The minimum atomic E-state index is -3.61. The van der Waals surface area contributed by atoms with Gasteiger partial charge in [-0.2, -0.15) is 0 Å². The second-order valence-corrected chi connectivity index (χ2v) is 8.80. The van der Waals surface area contributed by atoms with Crippen LogP contribution < -0.4 is 0 Å². The third-order valence-corrected chi connectivity index (χ3v) is 6.15. The van der Waals surface area contributed by atoms with Crippen molar-refractivity contribution in [3.05, 3.63) is 11.6 Å². The predicted octanol–water partition coefficient (Wildman–Crippen LogP) is 3.50. The lowest BCUT2D eigenvalue weighted by Gasteiger charge is -2.36. The summed E-state index contributed by atoms with van der Waals surface area (Å²) in [5.74, 6) is -0.989. The Bertz CT molecular complexity index is 527. The van der Waals surface area contributed by atoms with Gasteiger partial charge in [0.2, 0.25) is 0 Å². The van der Waals surface area contributed by atoms with E-state index in [4.69, 9.17) is 13.8 Å². The van der Waals surface area contributed by atoms with Crippen molar-refractivity contribution in [2.75, 3.05) is 13.2 Å². The molecule has 1 aliphatic carbocycles. The zero-order valence-electron chi connectivity index (χ0n) is 14.8. The Morgan fingerprint density at radius 2 is 1.87 bits per heavy atom. The number of rotatable bonds is 7. The van der Waals surface area contributed by atoms with Gasteiger partial charge in [0, 0.05) is 5.41 Å². The molecule has 132 valence electrons. The van der Waals surface area contributed by atoms with E-state index in [9.17, 15) is 14.2 Å². The minimum Gasteiger partial charge on any atom is -0.453 e. The molecule has 2 atom stereocenters. The molecule has 0 saturated carbocycles. The summed E-state index contributed by atoms with van der Waals surface area (Å²) in [6.07, 6.45) is 1.26. The van der Waals surface area contributed by atoms with Gasteiger partial charge >= 0.3 is 13.6 Å². The third kappa shape index (κ3) is 4.75. The van der Waals surface area contributed by atoms with E-state index in [2.05, 4.69) is 0 Å². The van der Waals surface area contributed by atoms with E-state index in [1.165, 1.54) is 13.0 Å². The molecule has 0 spiro atoms. The van der Waals surface area contributed by atoms with E-state index in [-0.39, 0.29) is 19.0 Å². The summed E-state index contributed by atoms with van der Waals surface area (Å²) < 4.78 is 28.4. The van der Waals surface area contributed by atoms with Crippen LogP contribution in [0, 0.1) is 5.41 Å². The van der Waals surface area contributed by atoms with Gasteiger partial charge in [-0.1, -0.05) is 19.4 Å². The molecule has 0 bridgehead atoms. The monoisotopic (exact) mass is 346 g/mol. The summed E-state index contributed by atoms with van der Waals surface area (Å²) >= 11 is 0. The van der Waals surface area contributed by atoms with E-state index in [1.54, 1.807) is 13.8 Å². The molecule has 7 heteroatoms. The van der Waals surface area contributed by atoms with E-state index in [1.807, 2.05) is 20.8 Å². The summed E-state index contributed by atoms with van der Waals surface area (Å²) in [5.41, 5.74) is -0.639. The first kappa shape index (κ1) is 20.1. The summed E-state index contributed by atoms with van der Waals surface area (Å²) in [6.45, 7) is 10.7. The lowest BCUT2D eigenvalue weighted by Crippen LogP contribution is -2.44. The third-order valence-electron chi connectivity index (χ3n) is 3.76. The molecule has 0 fully saturated rings. The van der Waals surface area contributed by atoms with Gasteiger partial charge < -0.3 is 13.8 Å². The van der Waals surface area contributed by atoms with Crippen LogP contribution in [0.2, 0.25) is 0 Å². The molecule has 23 heavy (non-hydrogen) atoms. The first-order valence-electron chi connectivity index (χ1n) is 7.87. The molecule has 0 aromatic heterocycles. The first-order chi connectivity index (χ1) is 10.6. The molecular formula is C16H27O6P. The van der Waals surface area contributed by atoms with Crippen molar-refractivity contribution in [3.8, 4) is 0 Å². The second kappa shape index (κ2) is 7.73. The molecule has 2 unspecified atom stereocenters. The second-order valence-electron chi connectivity index (χ2n) is 6.43. The van der Waals surface area contributed by atoms with E-state index in [0.29, 0.717) is 6.42 Å². The summed E-state index contributed by atoms with van der Waals surface area (Å²) in [7, 11) is -3.61. The molecule has 1 rings (SSSR count). The molecule has 0 saturated heterocycles. The molecule has 0 heterocycles. The number of hydrogen-bond donors (Lipinski definition) is 0. The number of carbonyl (C=O) groups excluding carboxylic acids is 2. The Morgan fingerprint density at radius 1 is 1.35 bits per heavy atom. The lowest BCUT2D eigenvalue weighted by atomic mass is 9.74. The quantitative estimate of drug-likeness (QED) is 0.518. The molecule has 1 aliphatic rings. The Morgan fingerprint density at radius 3 is 2.30 bits per heavy atom. The number of ether oxygens (including phenoxy) is 1. The van der Waals surface area contributed by atoms with Gasteiger partial charge in [0.1, 0.15) is 0 Å². The van der Waals surface area contributed by atoms with Crippen molar-refractivity contribution in [1.82, 2.24) is 0 Å². The number of ketones is 1. The van der Waals surface area contributed by atoms with Gasteiger partial charge in [-0.05, 0) is 40.2 Å². The maximum absolute atomic E-state index is 12.6. The zero-order valence-corrected chi connectivity index (χ0v) is 15.6. The highest BCUT2D eigenvalue weighted by molar-refractivity contribution is 7.55. The van der Waals surface area contributed by atoms with E-state index < -0.39 is 30.7 Å². The number of esters is 1. The Hall–Kier alpha value is -0.970. The van der Waals surface area contributed by atoms with Crippen LogP contribution >= 0.6 is 7.60 Å². The van der Waals surface area contributed by atoms with Gasteiger partial charge in [0.15, 0.2) is 17.5 Å². The van der Waals surface area contributed by atoms with Crippen molar-refractivity contribution < 1.29 is 27.9 Å². The number of carbonyl (C=O) groups is 2. The SMILES string of the molecule is CCOP(=O)(OCC)C(C)C(=O)OC1C(=O)C=C(C)CC1(C)C. The van der Waals surface area contributed by atoms with Gasteiger partial charge in [0.05, 0.1) is 13.2 Å². The van der Waals surface area contributed by atoms with Crippen molar-refractivity contribution in [2.45, 2.75) is 59.7 Å². The van der Waals surface area contributed by atoms with Gasteiger partial charge in [-0.15, -0.1) is 0 Å². The Labute approximate surface area is 138 Å². The fourth-order valence-corrected chi connectivity index (χ4v) is 4.31. The van der Waals surface area contributed by atoms with Crippen LogP contribution in [-0.4, -0.2) is 36.7 Å². The molecule has 6 nitrogen and oxygen atoms in total. The average Bonchev–Trinajstić information content (AvgIpc) is 2.41. The van der Waals surface area contributed by atoms with Crippen LogP contribution in [0.25, 0.3) is 0 Å². The summed E-state index contributed by atoms with van der Waals surface area (Å²) in [5, 5.41) is 0. The largest absolute Gasteiger partial charge is 0.453 e. The van der Waals surface area contributed by atoms with Crippen molar-refractivity contribution >= 4 is 19.3 Å². The minimum absolute atomic E-state index is 0.157. The summed E-state index contributed by atoms with van der Waals surface area (Å²) in [4.78, 5) is 24.6. The van der Waals surface area contributed by atoms with E-state index in [0.717, 1.165) is 5.57 Å². The van der Waals surface area contributed by atoms with Crippen molar-refractivity contribution in [2.24, 2.45) is 5.41 Å². The van der Waals surface area contributed by atoms with Crippen molar-refractivity contribution in [1.29, 1.82) is 0 Å². The van der Waals surface area contributed by atoms with E-state index >= 15 is 0 Å². The smallest absolute Gasteiger partial charge is 0.344 e. The topological polar surface area (TPSA) is 78.9 Å². The molecule has 0 aliphatic heterocycles. The molecular weight excluding hydrogens is 319 g/mol. The average molecular weight is 346 g/mol. The van der Waals surface area contributed by atoms with Gasteiger partial charge in [-0.25, -0.2) is 0 Å². The lowest BCUT2D eigenvalue weighted by molar-refractivity contribution is -0.161. The molecule has 0 aromatic rings. The predicted molar refractivity (Wildman–Crippen MR) is 87.4 cm³/mol. The maximum atomic E-state index is 12.6. The highest BCUT2D eigenvalue weighted by Gasteiger charge is 2.44. The van der Waals surface area contributed by atoms with Crippen LogP contribution in [0.4, 0.5) is 0 Å². The Kier molecular flexibility index (Phi) is 6.75. The highest BCUT2D eigenvalue weighted by atomic mass is 31.2. The van der Waals surface area contributed by atoms with Crippen LogP contribution in [-0.2, 0) is 27.9 Å². The maximum Gasteiger partial charge on any atom is 0.344 e. The van der Waals surface area contributed by atoms with Crippen molar-refractivity contribution in [3.63, 3.8) is 0 Å². The van der Waals surface area contributed by atoms with Gasteiger partial charge in [-0.3, -0.25) is 14.2 Å². The van der Waals surface area contributed by atoms with Gasteiger partial charge in [0.25, 0.3) is 0 Å². The van der Waals surface area contributed by atoms with Crippen LogP contribution in [0.3, 0.4) is 0 Å². The number of allylic oxidation sites excluding steroid dienone is 1. The Balaban J connectivity index is 2.93. The standard InChI is InChI=1S/C16H27O6P/c1-7-20-23(19,21-8-2)12(4)15(18)22-14-13(17)9-11(3)10-16(14,5)6/h9,12,14H,7-8,10H2,1-6H3. The normalized spacial score (nSPS) is 22.4. The molecule has 0 radical (unpaired) electrons. The highest BCUT2D eigenvalue weighted by Crippen LogP contribution is 2.53. The molecule has 0 aromatic carbocycles. The van der Waals surface area contributed by atoms with Crippen LogP contribution in [0.15, 0.2) is 11.6 Å². The molecule has 0 N–H and O–H groups in total. The van der Waals surface area contributed by atoms with Crippen LogP contribution in [0.1, 0.15) is 48.0 Å². The fraction of sp³-hybridized carbons (Fsp3) is 0.750.